The van der Waals surface area contributed by atoms with Crippen molar-refractivity contribution in [3.63, 3.8) is 0 Å². The summed E-state index contributed by atoms with van der Waals surface area (Å²) >= 11 is 0. The first-order valence-corrected chi connectivity index (χ1v) is 16.6. The van der Waals surface area contributed by atoms with Gasteiger partial charge in [0.15, 0.2) is 5.82 Å². The molecular formula is C45H29N5. The maximum absolute atomic E-state index is 5.17. The van der Waals surface area contributed by atoms with Crippen LogP contribution in [0.15, 0.2) is 176 Å². The van der Waals surface area contributed by atoms with Crippen molar-refractivity contribution < 1.29 is 0 Å². The van der Waals surface area contributed by atoms with Gasteiger partial charge in [0, 0.05) is 52.4 Å². The minimum atomic E-state index is 0.664. The van der Waals surface area contributed by atoms with Gasteiger partial charge in [-0.15, -0.1) is 0 Å². The predicted octanol–water partition coefficient (Wildman–Crippen LogP) is 11.0. The average molecular weight is 640 g/mol. The molecule has 0 fully saturated rings. The Kier molecular flexibility index (Phi) is 7.41. The Bertz CT molecular complexity index is 2550. The topological polar surface area (TPSA) is 64.5 Å². The molecule has 9 rings (SSSR count). The van der Waals surface area contributed by atoms with Crippen LogP contribution in [0.2, 0.25) is 0 Å². The summed E-state index contributed by atoms with van der Waals surface area (Å²) in [6.45, 7) is 0. The number of pyridine rings is 3. The second-order valence-corrected chi connectivity index (χ2v) is 12.2. The van der Waals surface area contributed by atoms with Crippen LogP contribution >= 0.6 is 0 Å². The molecule has 9 aromatic rings. The van der Waals surface area contributed by atoms with Gasteiger partial charge in [0.1, 0.15) is 0 Å². The van der Waals surface area contributed by atoms with Crippen molar-refractivity contribution in [1.82, 2.24) is 24.9 Å². The van der Waals surface area contributed by atoms with Crippen LogP contribution in [-0.4, -0.2) is 24.9 Å². The first-order valence-electron chi connectivity index (χ1n) is 16.6. The second-order valence-electron chi connectivity index (χ2n) is 12.2. The van der Waals surface area contributed by atoms with Crippen LogP contribution in [0.1, 0.15) is 0 Å². The highest BCUT2D eigenvalue weighted by atomic mass is 14.9. The number of aromatic nitrogens is 5. The van der Waals surface area contributed by atoms with E-state index in [2.05, 4.69) is 131 Å². The second kappa shape index (κ2) is 12.6. The molecule has 4 aromatic heterocycles. The van der Waals surface area contributed by atoms with Gasteiger partial charge in [0.05, 0.1) is 22.6 Å². The predicted molar refractivity (Wildman–Crippen MR) is 203 cm³/mol. The largest absolute Gasteiger partial charge is 0.265 e. The van der Waals surface area contributed by atoms with E-state index in [0.717, 1.165) is 56.0 Å². The lowest BCUT2D eigenvalue weighted by Gasteiger charge is -2.13. The molecule has 0 amide bonds. The fraction of sp³-hybridized carbons (Fsp3) is 0. The molecular weight excluding hydrogens is 611 g/mol. The number of hydrogen-bond acceptors (Lipinski definition) is 5. The van der Waals surface area contributed by atoms with Gasteiger partial charge in [0.25, 0.3) is 0 Å². The lowest BCUT2D eigenvalue weighted by atomic mass is 9.94. The SMILES string of the molecule is c1ccc(-c2cc(-c3ccc(-c4ccc(-c5nc(-c6ccncc6)cc(-c6ccncc6)n5)cc4)cc3)nc3ccc4ccccc4c23)cc1. The monoisotopic (exact) mass is 639 g/mol. The zero-order valence-corrected chi connectivity index (χ0v) is 27.0. The van der Waals surface area contributed by atoms with E-state index in [1.165, 1.54) is 27.3 Å². The normalized spacial score (nSPS) is 11.2. The zero-order chi connectivity index (χ0) is 33.3. The van der Waals surface area contributed by atoms with E-state index < -0.39 is 0 Å². The highest BCUT2D eigenvalue weighted by molar-refractivity contribution is 6.13. The lowest BCUT2D eigenvalue weighted by molar-refractivity contribution is 1.18. The van der Waals surface area contributed by atoms with Gasteiger partial charge in [-0.25, -0.2) is 15.0 Å². The Morgan fingerprint density at radius 2 is 0.860 bits per heavy atom. The summed E-state index contributed by atoms with van der Waals surface area (Å²) in [7, 11) is 0. The maximum Gasteiger partial charge on any atom is 0.160 e. The molecule has 0 N–H and O–H groups in total. The molecule has 5 aromatic carbocycles. The Labute approximate surface area is 289 Å². The third-order valence-corrected chi connectivity index (χ3v) is 9.12. The minimum absolute atomic E-state index is 0.664. The molecule has 0 atom stereocenters. The van der Waals surface area contributed by atoms with Gasteiger partial charge in [0.2, 0.25) is 0 Å². The van der Waals surface area contributed by atoms with Crippen molar-refractivity contribution in [3.8, 4) is 67.4 Å². The van der Waals surface area contributed by atoms with E-state index in [1.54, 1.807) is 24.8 Å². The van der Waals surface area contributed by atoms with E-state index in [-0.39, 0.29) is 0 Å². The average Bonchev–Trinajstić information content (AvgIpc) is 3.21. The number of rotatable bonds is 6. The smallest absolute Gasteiger partial charge is 0.160 e. The van der Waals surface area contributed by atoms with E-state index in [4.69, 9.17) is 15.0 Å². The summed E-state index contributed by atoms with van der Waals surface area (Å²) < 4.78 is 0. The number of nitrogens with zero attached hydrogens (tertiary/aromatic N) is 5. The standard InChI is InChI=1S/C45H29N5/c1-2-6-32(7-3-1)39-28-41(48-40-19-18-33-8-4-5-9-38(33)44(39)40)34-14-10-30(11-15-34)31-12-16-37(17-13-31)45-49-42(35-20-24-46-25-21-35)29-43(50-45)36-22-26-47-27-23-36/h1-29H. The van der Waals surface area contributed by atoms with Gasteiger partial charge in [-0.1, -0.05) is 109 Å². The molecule has 0 bridgehead atoms. The molecule has 0 spiro atoms. The van der Waals surface area contributed by atoms with Crippen molar-refractivity contribution >= 4 is 21.7 Å². The summed E-state index contributed by atoms with van der Waals surface area (Å²) in [6, 6.07) is 52.6. The van der Waals surface area contributed by atoms with Gasteiger partial charge < -0.3 is 0 Å². The fourth-order valence-electron chi connectivity index (χ4n) is 6.56. The number of fused-ring (bicyclic) bond motifs is 3. The zero-order valence-electron chi connectivity index (χ0n) is 27.0. The van der Waals surface area contributed by atoms with Gasteiger partial charge >= 0.3 is 0 Å². The van der Waals surface area contributed by atoms with Crippen molar-refractivity contribution in [3.05, 3.63) is 176 Å². The van der Waals surface area contributed by atoms with Crippen molar-refractivity contribution in [2.75, 3.05) is 0 Å². The van der Waals surface area contributed by atoms with Crippen LogP contribution < -0.4 is 0 Å². The van der Waals surface area contributed by atoms with Gasteiger partial charge in [-0.3, -0.25) is 9.97 Å². The number of benzene rings is 5. The van der Waals surface area contributed by atoms with Crippen molar-refractivity contribution in [2.24, 2.45) is 0 Å². The third kappa shape index (κ3) is 5.57. The summed E-state index contributed by atoms with van der Waals surface area (Å²) in [5, 5.41) is 3.60. The first-order chi connectivity index (χ1) is 24.8. The van der Waals surface area contributed by atoms with Crippen LogP contribution in [0, 0.1) is 0 Å². The van der Waals surface area contributed by atoms with Crippen LogP contribution in [0.3, 0.4) is 0 Å². The summed E-state index contributed by atoms with van der Waals surface area (Å²) in [5.74, 6) is 0.664. The van der Waals surface area contributed by atoms with E-state index in [0.29, 0.717) is 5.82 Å². The van der Waals surface area contributed by atoms with Gasteiger partial charge in [-0.2, -0.15) is 0 Å². The highest BCUT2D eigenvalue weighted by Crippen LogP contribution is 2.37. The van der Waals surface area contributed by atoms with Crippen molar-refractivity contribution in [1.29, 1.82) is 0 Å². The molecule has 5 heteroatoms. The van der Waals surface area contributed by atoms with Crippen LogP contribution in [0.4, 0.5) is 0 Å². The third-order valence-electron chi connectivity index (χ3n) is 9.12. The first kappa shape index (κ1) is 29.3. The summed E-state index contributed by atoms with van der Waals surface area (Å²) in [4.78, 5) is 23.4. The van der Waals surface area contributed by atoms with Crippen molar-refractivity contribution in [2.45, 2.75) is 0 Å². The molecule has 0 aliphatic rings. The molecule has 0 unspecified atom stereocenters. The fourth-order valence-corrected chi connectivity index (χ4v) is 6.56. The molecule has 0 radical (unpaired) electrons. The van der Waals surface area contributed by atoms with E-state index >= 15 is 0 Å². The van der Waals surface area contributed by atoms with Crippen LogP contribution in [-0.2, 0) is 0 Å². The Morgan fingerprint density at radius 1 is 0.340 bits per heavy atom. The molecule has 50 heavy (non-hydrogen) atoms. The molecule has 0 aliphatic heterocycles. The Morgan fingerprint density at radius 3 is 1.50 bits per heavy atom. The van der Waals surface area contributed by atoms with E-state index in [9.17, 15) is 0 Å². The summed E-state index contributed by atoms with van der Waals surface area (Å²) in [5.41, 5.74) is 12.2. The van der Waals surface area contributed by atoms with Crippen LogP contribution in [0.25, 0.3) is 89.1 Å². The number of hydrogen-bond donors (Lipinski definition) is 0. The molecule has 5 nitrogen and oxygen atoms in total. The summed E-state index contributed by atoms with van der Waals surface area (Å²) in [6.07, 6.45) is 7.12. The lowest BCUT2D eigenvalue weighted by Crippen LogP contribution is -1.96. The highest BCUT2D eigenvalue weighted by Gasteiger charge is 2.14. The molecule has 0 saturated carbocycles. The molecule has 4 heterocycles. The van der Waals surface area contributed by atoms with Crippen LogP contribution in [0.5, 0.6) is 0 Å². The Balaban J connectivity index is 1.06. The quantitative estimate of drug-likeness (QED) is 0.169. The van der Waals surface area contributed by atoms with Gasteiger partial charge in [-0.05, 0) is 75.5 Å². The molecule has 0 aliphatic carbocycles. The Hall–Kier alpha value is -6.85. The molecule has 234 valence electrons. The molecule has 0 saturated heterocycles. The van der Waals surface area contributed by atoms with E-state index in [1.807, 2.05) is 30.3 Å². The minimum Gasteiger partial charge on any atom is -0.265 e. The maximum atomic E-state index is 5.17.